The molecule has 37 heavy (non-hydrogen) atoms. The van der Waals surface area contributed by atoms with Gasteiger partial charge in [-0.15, -0.1) is 4.59 Å². The number of carbonyl (C=O) groups is 1. The summed E-state index contributed by atoms with van der Waals surface area (Å²) in [6.45, 7) is 5.51. The van der Waals surface area contributed by atoms with Gasteiger partial charge in [0.05, 0.1) is 12.3 Å². The van der Waals surface area contributed by atoms with E-state index in [4.69, 9.17) is 9.84 Å². The van der Waals surface area contributed by atoms with E-state index in [1.54, 1.807) is 37.4 Å². The lowest BCUT2D eigenvalue weighted by atomic mass is 10.0. The van der Waals surface area contributed by atoms with E-state index in [1.807, 2.05) is 25.3 Å². The molecule has 0 saturated heterocycles. The molecule has 3 aromatic rings. The molecular formula is C26H25F2N4O4S+. The van der Waals surface area contributed by atoms with Crippen molar-refractivity contribution in [3.63, 3.8) is 0 Å². The second-order valence-electron chi connectivity index (χ2n) is 8.12. The standard InChI is InChI=1S/C26H25F2N4O4S/c1-4-32(25-11-6-7-15-29-25)16-14-22(30-32)20-9-8-10-23(18(20)3)31(26(33)36-5-2)37(34,35)24-17-19(27)12-13-21(24)28/h6-17H,4-5H2,1-3H3/q+1. The number of carbonyl (C=O) groups excluding carboxylic acids is 1. The van der Waals surface area contributed by atoms with Gasteiger partial charge in [-0.2, -0.15) is 4.31 Å². The number of anilines is 1. The third-order valence-corrected chi connectivity index (χ3v) is 7.63. The number of allylic oxidation sites excluding steroid dienone is 1. The summed E-state index contributed by atoms with van der Waals surface area (Å²) in [6.07, 6.45) is 4.08. The van der Waals surface area contributed by atoms with Gasteiger partial charge in [-0.25, -0.2) is 27.0 Å². The van der Waals surface area contributed by atoms with Crippen LogP contribution in [0.1, 0.15) is 25.0 Å². The fourth-order valence-corrected chi connectivity index (χ4v) is 5.53. The molecule has 1 aromatic heterocycles. The molecule has 0 saturated carbocycles. The van der Waals surface area contributed by atoms with Gasteiger partial charge in [0.25, 0.3) is 15.8 Å². The minimum Gasteiger partial charge on any atom is -0.449 e. The van der Waals surface area contributed by atoms with Crippen LogP contribution in [0.5, 0.6) is 0 Å². The Hall–Kier alpha value is -3.96. The predicted molar refractivity (Wildman–Crippen MR) is 136 cm³/mol. The molecule has 1 aliphatic heterocycles. The number of hydrogen-bond donors (Lipinski definition) is 0. The van der Waals surface area contributed by atoms with Gasteiger partial charge < -0.3 is 4.74 Å². The molecule has 0 N–H and O–H groups in total. The maximum atomic E-state index is 14.5. The number of nitrogens with zero attached hydrogens (tertiary/aromatic N) is 4. The van der Waals surface area contributed by atoms with Crippen LogP contribution in [0.15, 0.2) is 83.1 Å². The van der Waals surface area contributed by atoms with Crippen molar-refractivity contribution in [1.82, 2.24) is 9.58 Å². The Balaban J connectivity index is 1.86. The topological polar surface area (TPSA) is 88.9 Å². The molecule has 2 aromatic carbocycles. The SMILES string of the molecule is CCOC(=O)N(c1cccc(C2=N[N+](CC)(c3ccccn3)C=C2)c1C)S(=O)(=O)c1cc(F)ccc1F. The second kappa shape index (κ2) is 10.2. The molecule has 0 fully saturated rings. The molecule has 0 aliphatic carbocycles. The van der Waals surface area contributed by atoms with E-state index >= 15 is 0 Å². The van der Waals surface area contributed by atoms with E-state index in [-0.39, 0.29) is 16.9 Å². The lowest BCUT2D eigenvalue weighted by molar-refractivity contribution is 0.164. The summed E-state index contributed by atoms with van der Waals surface area (Å²) in [5.74, 6) is -1.47. The summed E-state index contributed by atoms with van der Waals surface area (Å²) in [4.78, 5) is 16.4. The lowest BCUT2D eigenvalue weighted by Gasteiger charge is -2.25. The number of ether oxygens (including phenoxy) is 1. The van der Waals surface area contributed by atoms with Crippen LogP contribution in [0.3, 0.4) is 0 Å². The number of hydrogen-bond acceptors (Lipinski definition) is 6. The number of pyridine rings is 1. The minimum absolute atomic E-state index is 0.0740. The monoisotopic (exact) mass is 527 g/mol. The maximum absolute atomic E-state index is 14.5. The van der Waals surface area contributed by atoms with Crippen LogP contribution < -0.4 is 8.90 Å². The first-order valence-corrected chi connectivity index (χ1v) is 12.9. The largest absolute Gasteiger partial charge is 0.449 e. The molecule has 11 heteroatoms. The summed E-state index contributed by atoms with van der Waals surface area (Å²) in [5, 5.41) is 4.85. The highest BCUT2D eigenvalue weighted by atomic mass is 32.2. The van der Waals surface area contributed by atoms with Gasteiger partial charge >= 0.3 is 6.09 Å². The van der Waals surface area contributed by atoms with Crippen molar-refractivity contribution in [2.24, 2.45) is 5.10 Å². The number of amides is 1. The van der Waals surface area contributed by atoms with Crippen LogP contribution in [-0.2, 0) is 14.8 Å². The second-order valence-corrected chi connectivity index (χ2v) is 9.88. The normalized spacial score (nSPS) is 16.9. The molecule has 1 atom stereocenters. The first kappa shape index (κ1) is 26.1. The van der Waals surface area contributed by atoms with Crippen LogP contribution in [0.2, 0.25) is 0 Å². The number of rotatable bonds is 7. The van der Waals surface area contributed by atoms with E-state index < -0.39 is 32.6 Å². The summed E-state index contributed by atoms with van der Waals surface area (Å²) in [5.41, 5.74) is 1.37. The van der Waals surface area contributed by atoms with Crippen molar-refractivity contribution in [3.05, 3.63) is 95.8 Å². The van der Waals surface area contributed by atoms with Gasteiger partial charge in [0.15, 0.2) is 0 Å². The van der Waals surface area contributed by atoms with Crippen molar-refractivity contribution < 1.29 is 26.7 Å². The molecule has 192 valence electrons. The van der Waals surface area contributed by atoms with Gasteiger partial charge in [-0.1, -0.05) is 23.3 Å². The van der Waals surface area contributed by atoms with Gasteiger partial charge in [0.1, 0.15) is 35.0 Å². The molecule has 1 aliphatic rings. The highest BCUT2D eigenvalue weighted by Crippen LogP contribution is 2.33. The third-order valence-electron chi connectivity index (χ3n) is 5.94. The van der Waals surface area contributed by atoms with Gasteiger partial charge in [0.2, 0.25) is 0 Å². The van der Waals surface area contributed by atoms with E-state index in [1.165, 1.54) is 13.0 Å². The molecule has 8 nitrogen and oxygen atoms in total. The van der Waals surface area contributed by atoms with Gasteiger partial charge in [-0.05, 0) is 56.7 Å². The highest BCUT2D eigenvalue weighted by Gasteiger charge is 2.38. The van der Waals surface area contributed by atoms with E-state index in [2.05, 4.69) is 4.98 Å². The van der Waals surface area contributed by atoms with Crippen LogP contribution in [0.4, 0.5) is 25.1 Å². The highest BCUT2D eigenvalue weighted by molar-refractivity contribution is 7.93. The fourth-order valence-electron chi connectivity index (χ4n) is 4.05. The first-order valence-electron chi connectivity index (χ1n) is 11.5. The Morgan fingerprint density at radius 3 is 2.54 bits per heavy atom. The quantitative estimate of drug-likeness (QED) is 0.390. The Morgan fingerprint density at radius 1 is 1.08 bits per heavy atom. The molecule has 0 bridgehead atoms. The van der Waals surface area contributed by atoms with Gasteiger partial charge in [0, 0.05) is 23.9 Å². The third kappa shape index (κ3) is 4.75. The zero-order valence-corrected chi connectivity index (χ0v) is 21.2. The first-order chi connectivity index (χ1) is 17.6. The van der Waals surface area contributed by atoms with Crippen molar-refractivity contribution in [1.29, 1.82) is 0 Å². The average Bonchev–Trinajstić information content (AvgIpc) is 3.33. The molecular weight excluding hydrogens is 502 g/mol. The Labute approximate surface area is 213 Å². The summed E-state index contributed by atoms with van der Waals surface area (Å²) in [7, 11) is -4.89. The molecule has 1 amide bonds. The summed E-state index contributed by atoms with van der Waals surface area (Å²) in [6, 6.07) is 12.2. The van der Waals surface area contributed by atoms with E-state index in [9.17, 15) is 22.0 Å². The smallest absolute Gasteiger partial charge is 0.428 e. The number of sulfonamides is 1. The van der Waals surface area contributed by atoms with Crippen LogP contribution in [0.25, 0.3) is 0 Å². The van der Waals surface area contributed by atoms with Crippen LogP contribution in [0, 0.1) is 18.6 Å². The average molecular weight is 528 g/mol. The van der Waals surface area contributed by atoms with Crippen molar-refractivity contribution >= 4 is 33.3 Å². The molecule has 4 rings (SSSR count). The Kier molecular flexibility index (Phi) is 7.19. The number of aromatic nitrogens is 1. The van der Waals surface area contributed by atoms with Crippen LogP contribution in [-0.4, -0.2) is 38.4 Å². The minimum atomic E-state index is -4.89. The van der Waals surface area contributed by atoms with Crippen molar-refractivity contribution in [3.8, 4) is 0 Å². The fraction of sp³-hybridized carbons (Fsp3) is 0.192. The number of quaternary nitrogens is 1. The molecule has 1 unspecified atom stereocenters. The Morgan fingerprint density at radius 2 is 1.86 bits per heavy atom. The zero-order chi connectivity index (χ0) is 26.8. The van der Waals surface area contributed by atoms with Crippen molar-refractivity contribution in [2.45, 2.75) is 25.7 Å². The summed E-state index contributed by atoms with van der Waals surface area (Å²) < 4.78 is 60.9. The van der Waals surface area contributed by atoms with E-state index in [0.29, 0.717) is 45.6 Å². The van der Waals surface area contributed by atoms with Gasteiger partial charge in [-0.3, -0.25) is 0 Å². The molecule has 0 radical (unpaired) electrons. The lowest BCUT2D eigenvalue weighted by Crippen LogP contribution is -2.38. The molecule has 0 spiro atoms. The number of benzene rings is 2. The Bertz CT molecular complexity index is 1510. The number of halogens is 2. The van der Waals surface area contributed by atoms with E-state index in [0.717, 1.165) is 6.07 Å². The summed E-state index contributed by atoms with van der Waals surface area (Å²) >= 11 is 0. The van der Waals surface area contributed by atoms with Crippen molar-refractivity contribution in [2.75, 3.05) is 17.5 Å². The predicted octanol–water partition coefficient (Wildman–Crippen LogP) is 5.28. The van der Waals surface area contributed by atoms with Crippen LogP contribution >= 0.6 is 0 Å². The molecule has 2 heterocycles. The maximum Gasteiger partial charge on any atom is 0.428 e. The zero-order valence-electron chi connectivity index (χ0n) is 20.4.